The minimum absolute atomic E-state index is 0.0431. The highest BCUT2D eigenvalue weighted by Crippen LogP contribution is 2.18. The van der Waals surface area contributed by atoms with E-state index in [1.807, 2.05) is 0 Å². The van der Waals surface area contributed by atoms with Crippen molar-refractivity contribution in [3.05, 3.63) is 29.6 Å². The summed E-state index contributed by atoms with van der Waals surface area (Å²) in [6, 6.07) is 3.10. The molecule has 2 amide bonds. The summed E-state index contributed by atoms with van der Waals surface area (Å²) in [7, 11) is 1.33. The van der Waals surface area contributed by atoms with Gasteiger partial charge in [-0.1, -0.05) is 6.92 Å². The molecule has 0 fully saturated rings. The minimum Gasteiger partial charge on any atom is -0.494 e. The van der Waals surface area contributed by atoms with Crippen LogP contribution in [0.4, 0.5) is 4.39 Å². The second-order valence-corrected chi connectivity index (χ2v) is 4.70. The number of hydrogen-bond donors (Lipinski definition) is 2. The first-order valence-corrected chi connectivity index (χ1v) is 6.84. The van der Waals surface area contributed by atoms with Crippen LogP contribution in [0, 0.1) is 5.82 Å². The largest absolute Gasteiger partial charge is 0.494 e. The smallest absolute Gasteiger partial charge is 0.239 e. The summed E-state index contributed by atoms with van der Waals surface area (Å²) in [4.78, 5) is 34.6. The van der Waals surface area contributed by atoms with Crippen molar-refractivity contribution >= 4 is 17.6 Å². The molecule has 0 aliphatic carbocycles. The molecule has 0 aromatic heterocycles. The number of Topliss-reactive ketones (excluding diaryl/α,β-unsaturated/α-hetero) is 1. The first-order chi connectivity index (χ1) is 10.4. The molecular formula is C15H19FN2O4. The summed E-state index contributed by atoms with van der Waals surface area (Å²) in [5, 5.41) is 2.44. The number of amides is 2. The van der Waals surface area contributed by atoms with Gasteiger partial charge in [-0.2, -0.15) is 0 Å². The Labute approximate surface area is 127 Å². The Kier molecular flexibility index (Phi) is 6.49. The average Bonchev–Trinajstić information content (AvgIpc) is 2.49. The Balaban J connectivity index is 2.57. The van der Waals surface area contributed by atoms with Gasteiger partial charge in [0.2, 0.25) is 11.8 Å². The van der Waals surface area contributed by atoms with Crippen LogP contribution in [0.15, 0.2) is 18.2 Å². The van der Waals surface area contributed by atoms with Gasteiger partial charge in [0, 0.05) is 18.4 Å². The van der Waals surface area contributed by atoms with Gasteiger partial charge in [-0.15, -0.1) is 0 Å². The van der Waals surface area contributed by atoms with Gasteiger partial charge in [0.15, 0.2) is 17.3 Å². The number of halogens is 1. The Morgan fingerprint density at radius 2 is 2.00 bits per heavy atom. The lowest BCUT2D eigenvalue weighted by molar-refractivity contribution is -0.127. The zero-order valence-electron chi connectivity index (χ0n) is 12.5. The summed E-state index contributed by atoms with van der Waals surface area (Å²) in [5.74, 6) is -2.05. The molecule has 0 bridgehead atoms. The second kappa shape index (κ2) is 8.11. The monoisotopic (exact) mass is 310 g/mol. The predicted molar refractivity (Wildman–Crippen MR) is 77.9 cm³/mol. The number of methoxy groups -OCH3 is 1. The van der Waals surface area contributed by atoms with Gasteiger partial charge in [0.25, 0.3) is 0 Å². The van der Waals surface area contributed by atoms with Gasteiger partial charge in [0.1, 0.15) is 6.04 Å². The van der Waals surface area contributed by atoms with E-state index in [0.29, 0.717) is 6.42 Å². The molecule has 1 aromatic rings. The summed E-state index contributed by atoms with van der Waals surface area (Å²) in [6.07, 6.45) is 0.182. The summed E-state index contributed by atoms with van der Waals surface area (Å²) >= 11 is 0. The zero-order valence-corrected chi connectivity index (χ0v) is 12.5. The average molecular weight is 310 g/mol. The highest BCUT2D eigenvalue weighted by Gasteiger charge is 2.17. The Bertz CT molecular complexity index is 575. The van der Waals surface area contributed by atoms with E-state index in [-0.39, 0.29) is 29.9 Å². The quantitative estimate of drug-likeness (QED) is 0.704. The molecule has 1 aromatic carbocycles. The summed E-state index contributed by atoms with van der Waals surface area (Å²) in [6.45, 7) is 1.71. The number of ether oxygens (including phenoxy) is 1. The molecule has 22 heavy (non-hydrogen) atoms. The fourth-order valence-electron chi connectivity index (χ4n) is 1.85. The Morgan fingerprint density at radius 3 is 2.50 bits per heavy atom. The lowest BCUT2D eigenvalue weighted by Gasteiger charge is -2.12. The zero-order chi connectivity index (χ0) is 16.7. The number of benzene rings is 1. The highest BCUT2D eigenvalue weighted by molar-refractivity contribution is 5.98. The van der Waals surface area contributed by atoms with E-state index in [1.165, 1.54) is 19.2 Å². The predicted octanol–water partition coefficient (Wildman–Crippen LogP) is 1.18. The Morgan fingerprint density at radius 1 is 1.32 bits per heavy atom. The number of nitrogens with two attached hydrogens (primary N) is 1. The van der Waals surface area contributed by atoms with Gasteiger partial charge < -0.3 is 15.8 Å². The number of nitrogens with one attached hydrogen (secondary N) is 1. The molecule has 0 heterocycles. The van der Waals surface area contributed by atoms with Crippen molar-refractivity contribution in [2.75, 3.05) is 7.11 Å². The third kappa shape index (κ3) is 4.83. The molecule has 0 saturated carbocycles. The number of rotatable bonds is 8. The number of ketones is 1. The summed E-state index contributed by atoms with van der Waals surface area (Å²) < 4.78 is 18.3. The van der Waals surface area contributed by atoms with E-state index in [4.69, 9.17) is 10.5 Å². The molecule has 1 atom stereocenters. The molecule has 6 nitrogen and oxygen atoms in total. The van der Waals surface area contributed by atoms with Crippen LogP contribution in [0.25, 0.3) is 0 Å². The van der Waals surface area contributed by atoms with Crippen molar-refractivity contribution in [2.45, 2.75) is 32.2 Å². The SMILES string of the molecule is CC[C@@H](NC(=O)CCC(=O)c1ccc(OC)c(F)c1)C(N)=O. The molecule has 0 saturated heterocycles. The number of hydrogen-bond acceptors (Lipinski definition) is 4. The molecule has 0 radical (unpaired) electrons. The standard InChI is InChI=1S/C15H19FN2O4/c1-3-11(15(17)21)18-14(20)7-5-12(19)9-4-6-13(22-2)10(16)8-9/h4,6,8,11H,3,5,7H2,1-2H3,(H2,17,21)(H,18,20)/t11-/m1/s1. The van der Waals surface area contributed by atoms with Crippen molar-refractivity contribution < 1.29 is 23.5 Å². The third-order valence-electron chi connectivity index (χ3n) is 3.14. The fourth-order valence-corrected chi connectivity index (χ4v) is 1.85. The molecule has 0 aliphatic rings. The van der Waals surface area contributed by atoms with Crippen LogP contribution in [0.5, 0.6) is 5.75 Å². The number of primary amides is 1. The van der Waals surface area contributed by atoms with Crippen LogP contribution >= 0.6 is 0 Å². The van der Waals surface area contributed by atoms with E-state index in [0.717, 1.165) is 6.07 Å². The maximum atomic E-state index is 13.5. The van der Waals surface area contributed by atoms with Crippen molar-refractivity contribution in [2.24, 2.45) is 5.73 Å². The molecular weight excluding hydrogens is 291 g/mol. The van der Waals surface area contributed by atoms with Gasteiger partial charge in [-0.25, -0.2) is 4.39 Å². The highest BCUT2D eigenvalue weighted by atomic mass is 19.1. The Hall–Kier alpha value is -2.44. The maximum absolute atomic E-state index is 13.5. The molecule has 0 unspecified atom stereocenters. The minimum atomic E-state index is -0.749. The normalized spacial score (nSPS) is 11.6. The van der Waals surface area contributed by atoms with Crippen molar-refractivity contribution in [1.82, 2.24) is 5.32 Å². The van der Waals surface area contributed by atoms with Gasteiger partial charge >= 0.3 is 0 Å². The van der Waals surface area contributed by atoms with Crippen LogP contribution in [0.3, 0.4) is 0 Å². The van der Waals surface area contributed by atoms with Crippen molar-refractivity contribution in [1.29, 1.82) is 0 Å². The molecule has 0 spiro atoms. The lowest BCUT2D eigenvalue weighted by atomic mass is 10.1. The van der Waals surface area contributed by atoms with Crippen molar-refractivity contribution in [3.63, 3.8) is 0 Å². The van der Waals surface area contributed by atoms with Gasteiger partial charge in [0.05, 0.1) is 7.11 Å². The second-order valence-electron chi connectivity index (χ2n) is 4.70. The lowest BCUT2D eigenvalue weighted by Crippen LogP contribution is -2.43. The molecule has 1 rings (SSSR count). The van der Waals surface area contributed by atoms with Crippen molar-refractivity contribution in [3.8, 4) is 5.75 Å². The number of carbonyl (C=O) groups excluding carboxylic acids is 3. The number of carbonyl (C=O) groups is 3. The van der Waals surface area contributed by atoms with Crippen LogP contribution in [-0.2, 0) is 9.59 Å². The molecule has 7 heteroatoms. The van der Waals surface area contributed by atoms with Gasteiger partial charge in [-0.3, -0.25) is 14.4 Å². The van der Waals surface area contributed by atoms with Crippen LogP contribution < -0.4 is 15.8 Å². The van der Waals surface area contributed by atoms with E-state index in [9.17, 15) is 18.8 Å². The van der Waals surface area contributed by atoms with Crippen LogP contribution in [0.1, 0.15) is 36.5 Å². The van der Waals surface area contributed by atoms with E-state index in [1.54, 1.807) is 6.92 Å². The maximum Gasteiger partial charge on any atom is 0.239 e. The van der Waals surface area contributed by atoms with Gasteiger partial charge in [-0.05, 0) is 24.6 Å². The molecule has 0 aliphatic heterocycles. The van der Waals surface area contributed by atoms with E-state index in [2.05, 4.69) is 5.32 Å². The first kappa shape index (κ1) is 17.6. The van der Waals surface area contributed by atoms with E-state index >= 15 is 0 Å². The fraction of sp³-hybridized carbons (Fsp3) is 0.400. The summed E-state index contributed by atoms with van der Waals surface area (Å²) in [5.41, 5.74) is 5.27. The molecule has 120 valence electrons. The third-order valence-corrected chi connectivity index (χ3v) is 3.14. The van der Waals surface area contributed by atoms with E-state index < -0.39 is 23.7 Å². The van der Waals surface area contributed by atoms with Crippen LogP contribution in [0.2, 0.25) is 0 Å². The van der Waals surface area contributed by atoms with Crippen LogP contribution in [-0.4, -0.2) is 30.7 Å². The molecule has 3 N–H and O–H groups in total. The topological polar surface area (TPSA) is 98.5 Å². The first-order valence-electron chi connectivity index (χ1n) is 6.84.